The molecule has 23 heavy (non-hydrogen) atoms. The van der Waals surface area contributed by atoms with Crippen molar-refractivity contribution in [2.24, 2.45) is 0 Å². The fourth-order valence-electron chi connectivity index (χ4n) is 2.76. The van der Waals surface area contributed by atoms with E-state index in [0.29, 0.717) is 18.7 Å². The zero-order chi connectivity index (χ0) is 17.0. The molecule has 5 nitrogen and oxygen atoms in total. The van der Waals surface area contributed by atoms with Gasteiger partial charge < -0.3 is 9.64 Å². The zero-order valence-electron chi connectivity index (χ0n) is 13.7. The Morgan fingerprint density at radius 3 is 2.52 bits per heavy atom. The number of hydrogen-bond acceptors (Lipinski definition) is 5. The summed E-state index contributed by atoms with van der Waals surface area (Å²) in [5.74, 6) is 0.691. The fourth-order valence-corrected chi connectivity index (χ4v) is 4.90. The summed E-state index contributed by atoms with van der Waals surface area (Å²) < 4.78 is 29.0. The van der Waals surface area contributed by atoms with Crippen LogP contribution in [0.1, 0.15) is 20.3 Å². The van der Waals surface area contributed by atoms with Crippen LogP contribution in [0, 0.1) is 0 Å². The highest BCUT2D eigenvalue weighted by Gasteiger charge is 2.35. The molecule has 1 fully saturated rings. The molecule has 0 N–H and O–H groups in total. The summed E-state index contributed by atoms with van der Waals surface area (Å²) in [6.45, 7) is 4.05. The Morgan fingerprint density at radius 2 is 2.04 bits per heavy atom. The van der Waals surface area contributed by atoms with Gasteiger partial charge in [0.05, 0.1) is 11.5 Å². The highest BCUT2D eigenvalue weighted by molar-refractivity contribution is 7.98. The molecule has 128 valence electrons. The van der Waals surface area contributed by atoms with Crippen molar-refractivity contribution < 1.29 is 17.9 Å². The van der Waals surface area contributed by atoms with E-state index >= 15 is 0 Å². The van der Waals surface area contributed by atoms with Crippen molar-refractivity contribution in [1.82, 2.24) is 4.90 Å². The van der Waals surface area contributed by atoms with E-state index in [1.807, 2.05) is 37.4 Å². The molecule has 0 radical (unpaired) electrons. The molecule has 1 saturated heterocycles. The molecule has 7 heteroatoms. The van der Waals surface area contributed by atoms with Crippen LogP contribution in [0.4, 0.5) is 0 Å². The number of nitrogens with zero attached hydrogens (tertiary/aromatic N) is 1. The molecule has 1 aliphatic heterocycles. The lowest BCUT2D eigenvalue weighted by Crippen LogP contribution is -2.46. The first-order valence-corrected chi connectivity index (χ1v) is 10.7. The smallest absolute Gasteiger partial charge is 0.263 e. The summed E-state index contributed by atoms with van der Waals surface area (Å²) in [5, 5.41) is 0. The summed E-state index contributed by atoms with van der Waals surface area (Å²) in [4.78, 5) is 15.4. The van der Waals surface area contributed by atoms with Crippen LogP contribution in [0.25, 0.3) is 0 Å². The maximum Gasteiger partial charge on any atom is 0.263 e. The van der Waals surface area contributed by atoms with Crippen molar-refractivity contribution in [1.29, 1.82) is 0 Å². The van der Waals surface area contributed by atoms with E-state index in [1.165, 1.54) is 0 Å². The second kappa shape index (κ2) is 7.57. The average molecular weight is 357 g/mol. The van der Waals surface area contributed by atoms with Gasteiger partial charge in [0.15, 0.2) is 15.9 Å². The number of rotatable bonds is 6. The van der Waals surface area contributed by atoms with E-state index in [0.717, 1.165) is 4.90 Å². The van der Waals surface area contributed by atoms with Gasteiger partial charge in [0.25, 0.3) is 5.91 Å². The average Bonchev–Trinajstić information content (AvgIpc) is 2.88. The maximum absolute atomic E-state index is 12.6. The van der Waals surface area contributed by atoms with E-state index < -0.39 is 15.9 Å². The lowest BCUT2D eigenvalue weighted by atomic mass is 10.2. The Labute approximate surface area is 142 Å². The minimum Gasteiger partial charge on any atom is -0.481 e. The molecule has 1 amide bonds. The second-order valence-corrected chi connectivity index (χ2v) is 8.73. The van der Waals surface area contributed by atoms with E-state index in [9.17, 15) is 13.2 Å². The molecule has 1 heterocycles. The van der Waals surface area contributed by atoms with Crippen LogP contribution in [-0.2, 0) is 14.6 Å². The lowest BCUT2D eigenvalue weighted by molar-refractivity contribution is -0.139. The zero-order valence-corrected chi connectivity index (χ0v) is 15.3. The predicted octanol–water partition coefficient (Wildman–Crippen LogP) is 2.21. The molecule has 0 bridgehead atoms. The standard InChI is InChI=1S/C16H23NO4S2/c1-4-17(13-9-10-23(19,20)11-13)16(18)12(2)21-14-5-7-15(22-3)8-6-14/h5-8,12-13H,4,9-11H2,1-3H3/t12-,13+/m0/s1. The van der Waals surface area contributed by atoms with Gasteiger partial charge in [-0.3, -0.25) is 4.79 Å². The van der Waals surface area contributed by atoms with Crippen molar-refractivity contribution in [3.05, 3.63) is 24.3 Å². The molecular formula is C16H23NO4S2. The molecular weight excluding hydrogens is 334 g/mol. The van der Waals surface area contributed by atoms with Crippen LogP contribution in [0.3, 0.4) is 0 Å². The highest BCUT2D eigenvalue weighted by atomic mass is 32.2. The van der Waals surface area contributed by atoms with Gasteiger partial charge in [-0.25, -0.2) is 8.42 Å². The van der Waals surface area contributed by atoms with E-state index in [4.69, 9.17) is 4.74 Å². The molecule has 2 rings (SSSR count). The Bertz CT molecular complexity index is 643. The normalized spacial score (nSPS) is 20.9. The second-order valence-electron chi connectivity index (χ2n) is 5.62. The lowest BCUT2D eigenvalue weighted by Gasteiger charge is -2.29. The Kier molecular flexibility index (Phi) is 5.97. The number of carbonyl (C=O) groups is 1. The third kappa shape index (κ3) is 4.64. The highest BCUT2D eigenvalue weighted by Crippen LogP contribution is 2.22. The number of carbonyl (C=O) groups excluding carboxylic acids is 1. The molecule has 0 aliphatic carbocycles. The van der Waals surface area contributed by atoms with Crippen LogP contribution in [0.15, 0.2) is 29.2 Å². The summed E-state index contributed by atoms with van der Waals surface area (Å²) in [5.41, 5.74) is 0. The molecule has 0 aromatic heterocycles. The van der Waals surface area contributed by atoms with Gasteiger partial charge in [-0.2, -0.15) is 0 Å². The summed E-state index contributed by atoms with van der Waals surface area (Å²) >= 11 is 1.64. The SMILES string of the molecule is CCN(C(=O)[C@H](C)Oc1ccc(SC)cc1)[C@@H]1CCS(=O)(=O)C1. The Balaban J connectivity index is 2.01. The quantitative estimate of drug-likeness (QED) is 0.731. The van der Waals surface area contributed by atoms with Crippen molar-refractivity contribution >= 4 is 27.5 Å². The topological polar surface area (TPSA) is 63.7 Å². The van der Waals surface area contributed by atoms with Gasteiger partial charge >= 0.3 is 0 Å². The van der Waals surface area contributed by atoms with Gasteiger partial charge in [-0.1, -0.05) is 0 Å². The number of amides is 1. The van der Waals surface area contributed by atoms with Crippen molar-refractivity contribution in [2.75, 3.05) is 24.3 Å². The summed E-state index contributed by atoms with van der Waals surface area (Å²) in [6.07, 6.45) is 1.87. The number of sulfone groups is 1. The molecule has 0 unspecified atom stereocenters. The first-order chi connectivity index (χ1) is 10.9. The number of hydrogen-bond donors (Lipinski definition) is 0. The number of likely N-dealkylation sites (N-methyl/N-ethyl adjacent to an activating group) is 1. The molecule has 1 aromatic carbocycles. The van der Waals surface area contributed by atoms with E-state index in [2.05, 4.69) is 0 Å². The van der Waals surface area contributed by atoms with Crippen molar-refractivity contribution in [2.45, 2.75) is 37.3 Å². The van der Waals surface area contributed by atoms with Crippen molar-refractivity contribution in [3.63, 3.8) is 0 Å². The first-order valence-electron chi connectivity index (χ1n) is 7.68. The van der Waals surface area contributed by atoms with Crippen LogP contribution in [0.2, 0.25) is 0 Å². The van der Waals surface area contributed by atoms with Crippen molar-refractivity contribution in [3.8, 4) is 5.75 Å². The van der Waals surface area contributed by atoms with Gasteiger partial charge in [-0.15, -0.1) is 11.8 Å². The minimum absolute atomic E-state index is 0.0573. The molecule has 0 saturated carbocycles. The maximum atomic E-state index is 12.6. The molecule has 1 aliphatic rings. The molecule has 2 atom stereocenters. The monoisotopic (exact) mass is 357 g/mol. The van der Waals surface area contributed by atoms with Gasteiger partial charge in [0, 0.05) is 17.5 Å². The van der Waals surface area contributed by atoms with Crippen LogP contribution >= 0.6 is 11.8 Å². The Hall–Kier alpha value is -1.21. The molecule has 0 spiro atoms. The predicted molar refractivity (Wildman–Crippen MR) is 92.8 cm³/mol. The Morgan fingerprint density at radius 1 is 1.39 bits per heavy atom. The third-order valence-corrected chi connectivity index (χ3v) is 6.49. The number of ether oxygens (including phenoxy) is 1. The van der Waals surface area contributed by atoms with Crippen LogP contribution < -0.4 is 4.74 Å². The number of benzene rings is 1. The van der Waals surface area contributed by atoms with Gasteiger partial charge in [0.2, 0.25) is 0 Å². The largest absolute Gasteiger partial charge is 0.481 e. The summed E-state index contributed by atoms with van der Waals surface area (Å²) in [6, 6.07) is 7.33. The third-order valence-electron chi connectivity index (χ3n) is 3.99. The minimum atomic E-state index is -3.01. The van der Waals surface area contributed by atoms with E-state index in [1.54, 1.807) is 23.6 Å². The van der Waals surface area contributed by atoms with Crippen LogP contribution in [-0.4, -0.2) is 55.7 Å². The van der Waals surface area contributed by atoms with Crippen LogP contribution in [0.5, 0.6) is 5.75 Å². The molecule has 1 aromatic rings. The fraction of sp³-hybridized carbons (Fsp3) is 0.562. The van der Waals surface area contributed by atoms with Gasteiger partial charge in [0.1, 0.15) is 5.75 Å². The first kappa shape index (κ1) is 18.1. The summed E-state index contributed by atoms with van der Waals surface area (Å²) in [7, 11) is -3.01. The number of thioether (sulfide) groups is 1. The van der Waals surface area contributed by atoms with Gasteiger partial charge in [-0.05, 0) is 50.8 Å². The van der Waals surface area contributed by atoms with E-state index in [-0.39, 0.29) is 23.5 Å².